The standard InChI is InChI=1S/C11H18O/c12-6-8-4-7-5-11(8)10-3-1-2-9(7)10/h7-12H,1-6H2. The minimum absolute atomic E-state index is 0.463. The molecule has 0 amide bonds. The summed E-state index contributed by atoms with van der Waals surface area (Å²) in [5.74, 6) is 4.74. The molecule has 3 aliphatic rings. The molecule has 5 atom stereocenters. The number of aliphatic hydroxyl groups excluding tert-OH is 1. The Bertz CT molecular complexity index is 187. The molecule has 68 valence electrons. The van der Waals surface area contributed by atoms with Crippen molar-refractivity contribution in [2.45, 2.75) is 32.1 Å². The van der Waals surface area contributed by atoms with Gasteiger partial charge in [-0.2, -0.15) is 0 Å². The number of fused-ring (bicyclic) bond motifs is 5. The van der Waals surface area contributed by atoms with Crippen molar-refractivity contribution in [2.75, 3.05) is 6.61 Å². The molecule has 0 heterocycles. The van der Waals surface area contributed by atoms with E-state index in [0.717, 1.165) is 23.7 Å². The third kappa shape index (κ3) is 0.783. The van der Waals surface area contributed by atoms with E-state index in [1.807, 2.05) is 0 Å². The molecule has 1 N–H and O–H groups in total. The molecule has 2 bridgehead atoms. The zero-order valence-electron chi connectivity index (χ0n) is 7.58. The molecule has 3 saturated carbocycles. The van der Waals surface area contributed by atoms with Gasteiger partial charge in [-0.05, 0) is 55.3 Å². The first-order chi connectivity index (χ1) is 5.90. The number of aliphatic hydroxyl groups is 1. The smallest absolute Gasteiger partial charge is 0.0462 e. The maximum Gasteiger partial charge on any atom is 0.0462 e. The molecular weight excluding hydrogens is 148 g/mol. The summed E-state index contributed by atoms with van der Waals surface area (Å²) in [7, 11) is 0. The predicted octanol–water partition coefficient (Wildman–Crippen LogP) is 2.05. The minimum atomic E-state index is 0.463. The highest BCUT2D eigenvalue weighted by Gasteiger charge is 2.53. The molecule has 5 unspecified atom stereocenters. The third-order valence-electron chi connectivity index (χ3n) is 4.80. The monoisotopic (exact) mass is 166 g/mol. The largest absolute Gasteiger partial charge is 0.396 e. The molecule has 3 aliphatic carbocycles. The fraction of sp³-hybridized carbons (Fsp3) is 1.00. The quantitative estimate of drug-likeness (QED) is 0.632. The van der Waals surface area contributed by atoms with Gasteiger partial charge in [-0.15, -0.1) is 0 Å². The van der Waals surface area contributed by atoms with Crippen molar-refractivity contribution in [3.05, 3.63) is 0 Å². The van der Waals surface area contributed by atoms with Crippen LogP contribution in [0.25, 0.3) is 0 Å². The average Bonchev–Trinajstić information content (AvgIpc) is 2.75. The van der Waals surface area contributed by atoms with E-state index >= 15 is 0 Å². The Kier molecular flexibility index (Phi) is 1.52. The lowest BCUT2D eigenvalue weighted by Gasteiger charge is -2.30. The van der Waals surface area contributed by atoms with Crippen LogP contribution >= 0.6 is 0 Å². The van der Waals surface area contributed by atoms with Gasteiger partial charge < -0.3 is 5.11 Å². The van der Waals surface area contributed by atoms with Crippen molar-refractivity contribution in [1.29, 1.82) is 0 Å². The first kappa shape index (κ1) is 7.37. The Labute approximate surface area is 74.2 Å². The summed E-state index contributed by atoms with van der Waals surface area (Å²) in [5, 5.41) is 9.21. The summed E-state index contributed by atoms with van der Waals surface area (Å²) in [6.45, 7) is 0.463. The fourth-order valence-electron chi connectivity index (χ4n) is 4.42. The van der Waals surface area contributed by atoms with Crippen LogP contribution in [0.3, 0.4) is 0 Å². The Morgan fingerprint density at radius 1 is 1.00 bits per heavy atom. The average molecular weight is 166 g/mol. The Balaban J connectivity index is 1.83. The van der Waals surface area contributed by atoms with Gasteiger partial charge >= 0.3 is 0 Å². The maximum absolute atomic E-state index is 9.21. The Morgan fingerprint density at radius 2 is 1.83 bits per heavy atom. The highest BCUT2D eigenvalue weighted by atomic mass is 16.3. The van der Waals surface area contributed by atoms with Crippen molar-refractivity contribution >= 4 is 0 Å². The van der Waals surface area contributed by atoms with E-state index in [1.165, 1.54) is 32.1 Å². The SMILES string of the molecule is OCC1CC2CC1C1CCCC21. The molecule has 3 fully saturated rings. The van der Waals surface area contributed by atoms with E-state index in [1.54, 1.807) is 0 Å². The minimum Gasteiger partial charge on any atom is -0.396 e. The first-order valence-electron chi connectivity index (χ1n) is 5.51. The van der Waals surface area contributed by atoms with Crippen molar-refractivity contribution in [1.82, 2.24) is 0 Å². The molecule has 0 aliphatic heterocycles. The molecule has 0 aromatic carbocycles. The Morgan fingerprint density at radius 3 is 2.67 bits per heavy atom. The lowest BCUT2D eigenvalue weighted by atomic mass is 9.76. The van der Waals surface area contributed by atoms with Crippen molar-refractivity contribution < 1.29 is 5.11 Å². The summed E-state index contributed by atoms with van der Waals surface area (Å²) < 4.78 is 0. The number of rotatable bonds is 1. The molecule has 1 heteroatoms. The van der Waals surface area contributed by atoms with Crippen LogP contribution in [0.4, 0.5) is 0 Å². The molecule has 1 nitrogen and oxygen atoms in total. The zero-order valence-corrected chi connectivity index (χ0v) is 7.58. The summed E-state index contributed by atoms with van der Waals surface area (Å²) in [6.07, 6.45) is 7.26. The lowest BCUT2D eigenvalue weighted by Crippen LogP contribution is -2.26. The van der Waals surface area contributed by atoms with E-state index in [4.69, 9.17) is 0 Å². The van der Waals surface area contributed by atoms with Gasteiger partial charge in [-0.3, -0.25) is 0 Å². The van der Waals surface area contributed by atoms with E-state index in [-0.39, 0.29) is 0 Å². The van der Waals surface area contributed by atoms with Crippen LogP contribution in [-0.2, 0) is 0 Å². The van der Waals surface area contributed by atoms with Crippen molar-refractivity contribution in [2.24, 2.45) is 29.6 Å². The molecule has 0 aromatic rings. The van der Waals surface area contributed by atoms with Crippen molar-refractivity contribution in [3.8, 4) is 0 Å². The summed E-state index contributed by atoms with van der Waals surface area (Å²) in [4.78, 5) is 0. The van der Waals surface area contributed by atoms with Gasteiger partial charge in [0.2, 0.25) is 0 Å². The van der Waals surface area contributed by atoms with Crippen LogP contribution in [0.1, 0.15) is 32.1 Å². The van der Waals surface area contributed by atoms with Crippen molar-refractivity contribution in [3.63, 3.8) is 0 Å². The van der Waals surface area contributed by atoms with Crippen LogP contribution in [0, 0.1) is 29.6 Å². The van der Waals surface area contributed by atoms with Crippen LogP contribution in [-0.4, -0.2) is 11.7 Å². The number of hydrogen-bond donors (Lipinski definition) is 1. The zero-order chi connectivity index (χ0) is 8.13. The van der Waals surface area contributed by atoms with Gasteiger partial charge in [0.25, 0.3) is 0 Å². The van der Waals surface area contributed by atoms with Gasteiger partial charge in [0.15, 0.2) is 0 Å². The van der Waals surface area contributed by atoms with Gasteiger partial charge in [0.1, 0.15) is 0 Å². The van der Waals surface area contributed by atoms with E-state index in [9.17, 15) is 5.11 Å². The highest BCUT2D eigenvalue weighted by Crippen LogP contribution is 2.60. The molecule has 0 radical (unpaired) electrons. The van der Waals surface area contributed by atoms with E-state index in [0.29, 0.717) is 12.5 Å². The summed E-state index contributed by atoms with van der Waals surface area (Å²) in [6, 6.07) is 0. The van der Waals surface area contributed by atoms with Crippen LogP contribution in [0.15, 0.2) is 0 Å². The lowest BCUT2D eigenvalue weighted by molar-refractivity contribution is 0.121. The topological polar surface area (TPSA) is 20.2 Å². The maximum atomic E-state index is 9.21. The third-order valence-corrected chi connectivity index (χ3v) is 4.80. The van der Waals surface area contributed by atoms with Crippen LogP contribution in [0.5, 0.6) is 0 Å². The molecule has 3 rings (SSSR count). The van der Waals surface area contributed by atoms with Gasteiger partial charge in [0.05, 0.1) is 0 Å². The van der Waals surface area contributed by atoms with Crippen LogP contribution in [0.2, 0.25) is 0 Å². The highest BCUT2D eigenvalue weighted by molar-refractivity contribution is 5.02. The normalized spacial score (nSPS) is 56.2. The molecule has 12 heavy (non-hydrogen) atoms. The first-order valence-corrected chi connectivity index (χ1v) is 5.51. The molecular formula is C11H18O. The second kappa shape index (κ2) is 2.47. The van der Waals surface area contributed by atoms with Gasteiger partial charge in [-0.25, -0.2) is 0 Å². The summed E-state index contributed by atoms with van der Waals surface area (Å²) in [5.41, 5.74) is 0. The van der Waals surface area contributed by atoms with E-state index in [2.05, 4.69) is 0 Å². The molecule has 0 saturated heterocycles. The second-order valence-electron chi connectivity index (χ2n) is 5.10. The fourth-order valence-corrected chi connectivity index (χ4v) is 4.42. The Hall–Kier alpha value is -0.0400. The van der Waals surface area contributed by atoms with Gasteiger partial charge in [-0.1, -0.05) is 6.42 Å². The summed E-state index contributed by atoms with van der Waals surface area (Å²) >= 11 is 0. The number of hydrogen-bond acceptors (Lipinski definition) is 1. The van der Waals surface area contributed by atoms with Crippen LogP contribution < -0.4 is 0 Å². The molecule has 0 spiro atoms. The molecule has 0 aromatic heterocycles. The van der Waals surface area contributed by atoms with E-state index < -0.39 is 0 Å². The van der Waals surface area contributed by atoms with Gasteiger partial charge in [0, 0.05) is 6.61 Å². The predicted molar refractivity (Wildman–Crippen MR) is 47.6 cm³/mol. The second-order valence-corrected chi connectivity index (χ2v) is 5.10.